The summed E-state index contributed by atoms with van der Waals surface area (Å²) in [5.41, 5.74) is 1.48. The number of nitrogens with zero attached hydrogens (tertiary/aromatic N) is 2. The SMILES string of the molecule is C=CCN1C(=O)/C(=C/c2ccc(-c3cc(Cl)cc(Cl)c3)o2)SC1=Nc1ccc(OCC)cc1. The number of thioether (sulfide) groups is 1. The second-order valence-corrected chi connectivity index (χ2v) is 8.88. The van der Waals surface area contributed by atoms with Crippen molar-refractivity contribution in [1.82, 2.24) is 4.90 Å². The number of amides is 1. The Labute approximate surface area is 206 Å². The van der Waals surface area contributed by atoms with Gasteiger partial charge in [-0.2, -0.15) is 0 Å². The molecule has 2 aromatic carbocycles. The fraction of sp³-hybridized carbons (Fsp3) is 0.120. The molecule has 0 atom stereocenters. The van der Waals surface area contributed by atoms with Crippen LogP contribution in [-0.4, -0.2) is 29.1 Å². The van der Waals surface area contributed by atoms with Gasteiger partial charge in [-0.25, -0.2) is 4.99 Å². The van der Waals surface area contributed by atoms with Crippen LogP contribution < -0.4 is 4.74 Å². The lowest BCUT2D eigenvalue weighted by Gasteiger charge is -2.12. The van der Waals surface area contributed by atoms with Crippen LogP contribution >= 0.6 is 35.0 Å². The summed E-state index contributed by atoms with van der Waals surface area (Å²) < 4.78 is 11.4. The Morgan fingerprint density at radius 3 is 2.52 bits per heavy atom. The zero-order chi connectivity index (χ0) is 23.4. The molecule has 0 bridgehead atoms. The third-order valence-electron chi connectivity index (χ3n) is 4.62. The molecule has 168 valence electrons. The molecule has 3 aromatic rings. The predicted octanol–water partition coefficient (Wildman–Crippen LogP) is 7.44. The number of carbonyl (C=O) groups is 1. The number of aliphatic imine (C=N–C) groups is 1. The Bertz CT molecular complexity index is 1230. The molecular formula is C25H20Cl2N2O3S. The number of halogens is 2. The van der Waals surface area contributed by atoms with Crippen molar-refractivity contribution in [2.24, 2.45) is 4.99 Å². The number of ether oxygens (including phenoxy) is 1. The summed E-state index contributed by atoms with van der Waals surface area (Å²) in [6.45, 7) is 6.64. The van der Waals surface area contributed by atoms with E-state index >= 15 is 0 Å². The second-order valence-electron chi connectivity index (χ2n) is 7.00. The summed E-state index contributed by atoms with van der Waals surface area (Å²) in [5.74, 6) is 1.76. The molecule has 1 aliphatic rings. The molecule has 0 unspecified atom stereocenters. The first-order chi connectivity index (χ1) is 16.0. The number of furan rings is 1. The normalized spacial score (nSPS) is 16.1. The zero-order valence-corrected chi connectivity index (χ0v) is 20.1. The van der Waals surface area contributed by atoms with Gasteiger partial charge in [0.05, 0.1) is 17.2 Å². The van der Waals surface area contributed by atoms with E-state index in [0.717, 1.165) is 17.0 Å². The van der Waals surface area contributed by atoms with Gasteiger partial charge in [0, 0.05) is 28.2 Å². The highest BCUT2D eigenvalue weighted by molar-refractivity contribution is 8.18. The van der Waals surface area contributed by atoms with Crippen molar-refractivity contribution in [3.05, 3.63) is 88.0 Å². The second kappa shape index (κ2) is 10.3. The Hall–Kier alpha value is -2.93. The Morgan fingerprint density at radius 1 is 1.12 bits per heavy atom. The summed E-state index contributed by atoms with van der Waals surface area (Å²) in [5, 5.41) is 1.61. The van der Waals surface area contributed by atoms with E-state index in [1.165, 1.54) is 11.8 Å². The molecule has 33 heavy (non-hydrogen) atoms. The zero-order valence-electron chi connectivity index (χ0n) is 17.8. The largest absolute Gasteiger partial charge is 0.494 e. The van der Waals surface area contributed by atoms with Crippen LogP contribution in [0, 0.1) is 0 Å². The van der Waals surface area contributed by atoms with Crippen LogP contribution in [0.25, 0.3) is 17.4 Å². The molecule has 4 rings (SSSR count). The summed E-state index contributed by atoms with van der Waals surface area (Å²) in [7, 11) is 0. The molecule has 1 aliphatic heterocycles. The van der Waals surface area contributed by atoms with Gasteiger partial charge >= 0.3 is 0 Å². The Kier molecular flexibility index (Phi) is 7.28. The molecule has 2 heterocycles. The first-order valence-corrected chi connectivity index (χ1v) is 11.7. The molecule has 1 aromatic heterocycles. The molecule has 0 radical (unpaired) electrons. The molecular weight excluding hydrogens is 479 g/mol. The van der Waals surface area contributed by atoms with Crippen LogP contribution in [0.4, 0.5) is 5.69 Å². The van der Waals surface area contributed by atoms with Crippen LogP contribution in [0.3, 0.4) is 0 Å². The summed E-state index contributed by atoms with van der Waals surface area (Å²) in [6.07, 6.45) is 3.38. The third-order valence-corrected chi connectivity index (χ3v) is 6.06. The van der Waals surface area contributed by atoms with Gasteiger partial charge in [0.2, 0.25) is 0 Å². The van der Waals surface area contributed by atoms with Crippen molar-refractivity contribution in [1.29, 1.82) is 0 Å². The molecule has 0 saturated carbocycles. The number of carbonyl (C=O) groups excluding carboxylic acids is 1. The van der Waals surface area contributed by atoms with Crippen molar-refractivity contribution in [2.75, 3.05) is 13.2 Å². The third kappa shape index (κ3) is 5.53. The first kappa shape index (κ1) is 23.2. The van der Waals surface area contributed by atoms with Gasteiger partial charge in [-0.05, 0) is 73.3 Å². The maximum atomic E-state index is 13.0. The van der Waals surface area contributed by atoms with Crippen molar-refractivity contribution < 1.29 is 13.9 Å². The lowest BCUT2D eigenvalue weighted by Crippen LogP contribution is -2.29. The van der Waals surface area contributed by atoms with Crippen molar-refractivity contribution in [3.8, 4) is 17.1 Å². The molecule has 0 N–H and O–H groups in total. The van der Waals surface area contributed by atoms with Gasteiger partial charge in [-0.3, -0.25) is 9.69 Å². The van der Waals surface area contributed by atoms with Crippen molar-refractivity contribution >= 4 is 57.8 Å². The van der Waals surface area contributed by atoms with E-state index in [1.807, 2.05) is 37.3 Å². The molecule has 5 nitrogen and oxygen atoms in total. The molecule has 0 spiro atoms. The number of amidine groups is 1. The van der Waals surface area contributed by atoms with Gasteiger partial charge in [0.25, 0.3) is 5.91 Å². The van der Waals surface area contributed by atoms with Gasteiger partial charge < -0.3 is 9.15 Å². The molecule has 0 aliphatic carbocycles. The van der Waals surface area contributed by atoms with Crippen LogP contribution in [0.5, 0.6) is 5.75 Å². The van der Waals surface area contributed by atoms with E-state index in [9.17, 15) is 4.79 Å². The number of hydrogen-bond acceptors (Lipinski definition) is 5. The number of hydrogen-bond donors (Lipinski definition) is 0. The monoisotopic (exact) mass is 498 g/mol. The summed E-state index contributed by atoms with van der Waals surface area (Å²) in [4.78, 5) is 19.8. The molecule has 1 saturated heterocycles. The van der Waals surface area contributed by atoms with Gasteiger partial charge in [0.1, 0.15) is 17.3 Å². The minimum Gasteiger partial charge on any atom is -0.494 e. The van der Waals surface area contributed by atoms with Crippen LogP contribution in [0.15, 0.2) is 81.6 Å². The topological polar surface area (TPSA) is 55.0 Å². The smallest absolute Gasteiger partial charge is 0.267 e. The highest BCUT2D eigenvalue weighted by Gasteiger charge is 2.33. The van der Waals surface area contributed by atoms with Crippen LogP contribution in [-0.2, 0) is 4.79 Å². The summed E-state index contributed by atoms with van der Waals surface area (Å²) in [6, 6.07) is 16.2. The Balaban J connectivity index is 1.60. The fourth-order valence-electron chi connectivity index (χ4n) is 3.19. The lowest BCUT2D eigenvalue weighted by atomic mass is 10.2. The first-order valence-electron chi connectivity index (χ1n) is 10.2. The maximum absolute atomic E-state index is 13.0. The predicted molar refractivity (Wildman–Crippen MR) is 136 cm³/mol. The highest BCUT2D eigenvalue weighted by atomic mass is 35.5. The molecule has 1 amide bonds. The van der Waals surface area contributed by atoms with Crippen LogP contribution in [0.1, 0.15) is 12.7 Å². The highest BCUT2D eigenvalue weighted by Crippen LogP contribution is 2.35. The fourth-order valence-corrected chi connectivity index (χ4v) is 4.70. The average Bonchev–Trinajstić information content (AvgIpc) is 3.36. The van der Waals surface area contributed by atoms with Gasteiger partial charge in [-0.15, -0.1) is 6.58 Å². The summed E-state index contributed by atoms with van der Waals surface area (Å²) >= 11 is 13.5. The maximum Gasteiger partial charge on any atom is 0.267 e. The minimum absolute atomic E-state index is 0.159. The average molecular weight is 499 g/mol. The van der Waals surface area contributed by atoms with Gasteiger partial charge in [-0.1, -0.05) is 29.3 Å². The van der Waals surface area contributed by atoms with E-state index in [1.54, 1.807) is 41.3 Å². The van der Waals surface area contributed by atoms with E-state index in [2.05, 4.69) is 11.6 Å². The van der Waals surface area contributed by atoms with Crippen LogP contribution in [0.2, 0.25) is 10.0 Å². The Morgan fingerprint density at radius 2 is 1.85 bits per heavy atom. The van der Waals surface area contributed by atoms with Crippen molar-refractivity contribution in [2.45, 2.75) is 6.92 Å². The van der Waals surface area contributed by atoms with E-state index in [0.29, 0.717) is 44.8 Å². The van der Waals surface area contributed by atoms with E-state index in [-0.39, 0.29) is 5.91 Å². The van der Waals surface area contributed by atoms with E-state index < -0.39 is 0 Å². The number of benzene rings is 2. The lowest BCUT2D eigenvalue weighted by molar-refractivity contribution is -0.121. The standard InChI is InChI=1S/C25H20Cl2N2O3S/c1-3-11-29-24(30)23(33-25(29)28-19-5-7-20(8-6-19)31-4-2)15-21-9-10-22(32-21)16-12-17(26)14-18(27)13-16/h3,5-10,12-15H,1,4,11H2,2H3/b23-15-,28-25?. The molecule has 8 heteroatoms. The van der Waals surface area contributed by atoms with E-state index in [4.69, 9.17) is 32.4 Å². The molecule has 1 fully saturated rings. The van der Waals surface area contributed by atoms with Gasteiger partial charge in [0.15, 0.2) is 5.17 Å². The quantitative estimate of drug-likeness (QED) is 0.250. The van der Waals surface area contributed by atoms with Crippen molar-refractivity contribution in [3.63, 3.8) is 0 Å². The number of rotatable bonds is 7. The minimum atomic E-state index is -0.159.